The number of morpholine rings is 1. The van der Waals surface area contributed by atoms with E-state index in [1.165, 1.54) is 5.56 Å². The molecule has 32 heavy (non-hydrogen) atoms. The summed E-state index contributed by atoms with van der Waals surface area (Å²) in [5.41, 5.74) is 1.20. The molecule has 2 heterocycles. The van der Waals surface area contributed by atoms with Gasteiger partial charge in [0, 0.05) is 52.7 Å². The van der Waals surface area contributed by atoms with Crippen molar-refractivity contribution in [3.63, 3.8) is 0 Å². The molecule has 1 N–H and O–H groups in total. The van der Waals surface area contributed by atoms with E-state index in [0.29, 0.717) is 12.5 Å². The first-order chi connectivity index (χ1) is 15.6. The summed E-state index contributed by atoms with van der Waals surface area (Å²) in [5.74, 6) is 1.33. The highest BCUT2D eigenvalue weighted by molar-refractivity contribution is 5.85. The zero-order valence-electron chi connectivity index (χ0n) is 19.7. The lowest BCUT2D eigenvalue weighted by atomic mass is 10.1. The molecule has 1 atom stereocenters. The first-order valence-electron chi connectivity index (χ1n) is 11.8. The number of likely N-dealkylation sites (tertiary alicyclic amines) is 1. The third-order valence-corrected chi connectivity index (χ3v) is 5.95. The normalized spacial score (nSPS) is 19.9. The summed E-state index contributed by atoms with van der Waals surface area (Å²) in [5, 5.41) is 3.50. The summed E-state index contributed by atoms with van der Waals surface area (Å²) >= 11 is 0. The van der Waals surface area contributed by atoms with Gasteiger partial charge in [-0.05, 0) is 24.9 Å². The fourth-order valence-corrected chi connectivity index (χ4v) is 3.96. The number of rotatable bonds is 10. The summed E-state index contributed by atoms with van der Waals surface area (Å²) in [6, 6.07) is 10.3. The first-order valence-corrected chi connectivity index (χ1v) is 11.8. The van der Waals surface area contributed by atoms with Gasteiger partial charge < -0.3 is 24.6 Å². The predicted molar refractivity (Wildman–Crippen MR) is 127 cm³/mol. The largest absolute Gasteiger partial charge is 0.379 e. The Labute approximate surface area is 192 Å². The topological polar surface area (TPSA) is 69.6 Å². The van der Waals surface area contributed by atoms with Crippen LogP contribution in [0.1, 0.15) is 18.4 Å². The molecule has 0 bridgehead atoms. The van der Waals surface area contributed by atoms with Gasteiger partial charge in [-0.15, -0.1) is 0 Å². The molecule has 1 unspecified atom stereocenters. The van der Waals surface area contributed by atoms with Crippen molar-refractivity contribution < 1.29 is 14.3 Å². The van der Waals surface area contributed by atoms with E-state index in [2.05, 4.69) is 32.2 Å². The Bertz CT molecular complexity index is 707. The van der Waals surface area contributed by atoms with E-state index < -0.39 is 0 Å². The maximum atomic E-state index is 12.1. The summed E-state index contributed by atoms with van der Waals surface area (Å²) < 4.78 is 11.4. The highest BCUT2D eigenvalue weighted by Crippen LogP contribution is 2.17. The second-order valence-corrected chi connectivity index (χ2v) is 8.76. The number of guanidine groups is 1. The minimum atomic E-state index is 0.0135. The van der Waals surface area contributed by atoms with Crippen molar-refractivity contribution in [2.45, 2.75) is 19.4 Å². The number of benzene rings is 1. The molecule has 0 spiro atoms. The maximum absolute atomic E-state index is 12.1. The van der Waals surface area contributed by atoms with Crippen molar-refractivity contribution in [3.8, 4) is 0 Å². The Morgan fingerprint density at radius 1 is 1.22 bits per heavy atom. The van der Waals surface area contributed by atoms with Crippen molar-refractivity contribution in [1.82, 2.24) is 20.0 Å². The fourth-order valence-electron chi connectivity index (χ4n) is 3.96. The number of carbonyl (C=O) groups is 1. The number of likely N-dealkylation sites (N-methyl/N-ethyl adjacent to an activating group) is 1. The van der Waals surface area contributed by atoms with Crippen LogP contribution >= 0.6 is 0 Å². The molecule has 1 aromatic rings. The Morgan fingerprint density at radius 2 is 2.00 bits per heavy atom. The second kappa shape index (κ2) is 13.4. The standard InChI is InChI=1S/C24H39N5O3/c1-27(2)23(30)17-26-24(25-10-6-11-28-13-15-31-16-14-28)29-12-9-22(18-29)20-32-19-21-7-4-3-5-8-21/h3-5,7-8,22H,6,9-20H2,1-2H3,(H,25,26). The number of hydrogen-bond donors (Lipinski definition) is 1. The van der Waals surface area contributed by atoms with Crippen LogP contribution in [0.4, 0.5) is 0 Å². The summed E-state index contributed by atoms with van der Waals surface area (Å²) in [6.45, 7) is 8.97. The van der Waals surface area contributed by atoms with E-state index >= 15 is 0 Å². The van der Waals surface area contributed by atoms with Crippen molar-refractivity contribution >= 4 is 11.9 Å². The minimum Gasteiger partial charge on any atom is -0.379 e. The van der Waals surface area contributed by atoms with E-state index in [9.17, 15) is 4.79 Å². The number of hydrogen-bond acceptors (Lipinski definition) is 5. The van der Waals surface area contributed by atoms with Crippen molar-refractivity contribution in [1.29, 1.82) is 0 Å². The molecule has 178 valence electrons. The molecule has 2 saturated heterocycles. The SMILES string of the molecule is CN(C)C(=O)CN=C(NCCCN1CCOCC1)N1CCC(COCc2ccccc2)C1. The van der Waals surface area contributed by atoms with Crippen LogP contribution in [0.2, 0.25) is 0 Å². The molecular formula is C24H39N5O3. The number of ether oxygens (including phenoxy) is 2. The van der Waals surface area contributed by atoms with Crippen molar-refractivity contribution in [3.05, 3.63) is 35.9 Å². The fraction of sp³-hybridized carbons (Fsp3) is 0.667. The average molecular weight is 446 g/mol. The number of aliphatic imine (C=N–C) groups is 1. The number of nitrogens with one attached hydrogen (secondary N) is 1. The van der Waals surface area contributed by atoms with Crippen molar-refractivity contribution in [2.75, 3.05) is 79.7 Å². The van der Waals surface area contributed by atoms with Crippen LogP contribution in [0.15, 0.2) is 35.3 Å². The van der Waals surface area contributed by atoms with Gasteiger partial charge in [0.15, 0.2) is 5.96 Å². The second-order valence-electron chi connectivity index (χ2n) is 8.76. The van der Waals surface area contributed by atoms with Crippen LogP contribution in [0.5, 0.6) is 0 Å². The Kier molecular flexibility index (Phi) is 10.3. The molecule has 1 amide bonds. The zero-order chi connectivity index (χ0) is 22.6. The van der Waals surface area contributed by atoms with Gasteiger partial charge in [-0.1, -0.05) is 30.3 Å². The predicted octanol–water partition coefficient (Wildman–Crippen LogP) is 1.28. The van der Waals surface area contributed by atoms with Crippen molar-refractivity contribution in [2.24, 2.45) is 10.9 Å². The molecule has 0 saturated carbocycles. The Balaban J connectivity index is 1.45. The third-order valence-electron chi connectivity index (χ3n) is 5.95. The molecule has 8 nitrogen and oxygen atoms in total. The van der Waals surface area contributed by atoms with E-state index in [1.54, 1.807) is 19.0 Å². The summed E-state index contributed by atoms with van der Waals surface area (Å²) in [4.78, 5) is 23.0. The van der Waals surface area contributed by atoms with Crippen LogP contribution in [0.3, 0.4) is 0 Å². The van der Waals surface area contributed by atoms with E-state index in [-0.39, 0.29) is 12.5 Å². The molecule has 3 rings (SSSR count). The first kappa shape index (κ1) is 24.5. The molecule has 0 radical (unpaired) electrons. The lowest BCUT2D eigenvalue weighted by Crippen LogP contribution is -2.43. The van der Waals surface area contributed by atoms with Gasteiger partial charge >= 0.3 is 0 Å². The zero-order valence-corrected chi connectivity index (χ0v) is 19.7. The average Bonchev–Trinajstić information content (AvgIpc) is 3.28. The molecular weight excluding hydrogens is 406 g/mol. The quantitative estimate of drug-likeness (QED) is 0.332. The van der Waals surface area contributed by atoms with Gasteiger partial charge in [0.05, 0.1) is 26.4 Å². The molecule has 0 aromatic heterocycles. The van der Waals surface area contributed by atoms with Gasteiger partial charge in [-0.25, -0.2) is 4.99 Å². The van der Waals surface area contributed by atoms with Gasteiger partial charge in [-0.2, -0.15) is 0 Å². The van der Waals surface area contributed by atoms with E-state index in [0.717, 1.165) is 77.9 Å². The number of nitrogens with zero attached hydrogens (tertiary/aromatic N) is 4. The minimum absolute atomic E-state index is 0.0135. The monoisotopic (exact) mass is 445 g/mol. The third kappa shape index (κ3) is 8.41. The molecule has 2 aliphatic heterocycles. The molecule has 0 aliphatic carbocycles. The molecule has 2 fully saturated rings. The smallest absolute Gasteiger partial charge is 0.243 e. The van der Waals surface area contributed by atoms with Crippen LogP contribution in [-0.4, -0.2) is 106 Å². The van der Waals surface area contributed by atoms with Gasteiger partial charge in [-0.3, -0.25) is 9.69 Å². The van der Waals surface area contributed by atoms with Gasteiger partial charge in [0.25, 0.3) is 0 Å². The number of carbonyl (C=O) groups excluding carboxylic acids is 1. The van der Waals surface area contributed by atoms with Gasteiger partial charge in [0.2, 0.25) is 5.91 Å². The lowest BCUT2D eigenvalue weighted by molar-refractivity contribution is -0.127. The van der Waals surface area contributed by atoms with Crippen LogP contribution in [0.25, 0.3) is 0 Å². The summed E-state index contributed by atoms with van der Waals surface area (Å²) in [6.07, 6.45) is 2.11. The van der Waals surface area contributed by atoms with Crippen LogP contribution in [0, 0.1) is 5.92 Å². The van der Waals surface area contributed by atoms with E-state index in [4.69, 9.17) is 9.47 Å². The number of amides is 1. The Morgan fingerprint density at radius 3 is 2.75 bits per heavy atom. The van der Waals surface area contributed by atoms with Crippen LogP contribution < -0.4 is 5.32 Å². The molecule has 1 aromatic carbocycles. The highest BCUT2D eigenvalue weighted by atomic mass is 16.5. The molecule has 2 aliphatic rings. The maximum Gasteiger partial charge on any atom is 0.243 e. The highest BCUT2D eigenvalue weighted by Gasteiger charge is 2.25. The van der Waals surface area contributed by atoms with E-state index in [1.807, 2.05) is 18.2 Å². The summed E-state index contributed by atoms with van der Waals surface area (Å²) in [7, 11) is 3.53. The lowest BCUT2D eigenvalue weighted by Gasteiger charge is -2.27. The van der Waals surface area contributed by atoms with Crippen LogP contribution in [-0.2, 0) is 20.9 Å². The van der Waals surface area contributed by atoms with Gasteiger partial charge in [0.1, 0.15) is 6.54 Å². The molecule has 8 heteroatoms. The Hall–Kier alpha value is -2.16.